The molecule has 2 aromatic rings. The molecule has 0 aliphatic carbocycles. The number of likely N-dealkylation sites (tertiary alicyclic amines) is 1. The lowest BCUT2D eigenvalue weighted by Gasteiger charge is -2.26. The Balaban J connectivity index is 1.53. The van der Waals surface area contributed by atoms with Crippen molar-refractivity contribution in [3.63, 3.8) is 0 Å². The highest BCUT2D eigenvalue weighted by atomic mass is 127. The van der Waals surface area contributed by atoms with E-state index < -0.39 is 0 Å². The summed E-state index contributed by atoms with van der Waals surface area (Å²) in [7, 11) is 0. The van der Waals surface area contributed by atoms with Crippen molar-refractivity contribution in [1.29, 1.82) is 0 Å². The third-order valence-corrected chi connectivity index (χ3v) is 5.68. The normalized spacial score (nSPS) is 15.9. The number of amides is 1. The summed E-state index contributed by atoms with van der Waals surface area (Å²) in [4.78, 5) is 14.5. The number of hydrogen-bond donors (Lipinski definition) is 2. The van der Waals surface area contributed by atoms with Crippen LogP contribution in [0.4, 0.5) is 5.69 Å². The van der Waals surface area contributed by atoms with Gasteiger partial charge in [0.25, 0.3) is 0 Å². The van der Waals surface area contributed by atoms with Gasteiger partial charge in [0.05, 0.1) is 12.6 Å². The summed E-state index contributed by atoms with van der Waals surface area (Å²) in [6.45, 7) is 3.30. The van der Waals surface area contributed by atoms with Gasteiger partial charge in [-0.1, -0.05) is 36.8 Å². The van der Waals surface area contributed by atoms with Gasteiger partial charge in [0, 0.05) is 15.8 Å². The van der Waals surface area contributed by atoms with Gasteiger partial charge < -0.3 is 10.6 Å². The van der Waals surface area contributed by atoms with Crippen LogP contribution in [0.25, 0.3) is 0 Å². The molecule has 1 fully saturated rings. The predicted octanol–water partition coefficient (Wildman–Crippen LogP) is 4.44. The summed E-state index contributed by atoms with van der Waals surface area (Å²) in [5.41, 5.74) is 2.34. The Labute approximate surface area is 175 Å². The monoisotopic (exact) mass is 477 g/mol. The molecule has 0 radical (unpaired) electrons. The Morgan fingerprint density at radius 2 is 1.70 bits per heavy atom. The number of rotatable bonds is 8. The summed E-state index contributed by atoms with van der Waals surface area (Å²) >= 11 is 2.31. The molecule has 0 bridgehead atoms. The fourth-order valence-corrected chi connectivity index (χ4v) is 3.85. The van der Waals surface area contributed by atoms with Crippen LogP contribution < -0.4 is 10.6 Å². The zero-order chi connectivity index (χ0) is 18.9. The Hall–Kier alpha value is -1.60. The first-order valence-electron chi connectivity index (χ1n) is 9.77. The summed E-state index contributed by atoms with van der Waals surface area (Å²) in [6.07, 6.45) is 4.56. The Bertz CT molecular complexity index is 699. The van der Waals surface area contributed by atoms with Gasteiger partial charge in [-0.05, 0) is 84.8 Å². The summed E-state index contributed by atoms with van der Waals surface area (Å²) in [6, 6.07) is 19.0. The lowest BCUT2D eigenvalue weighted by Crippen LogP contribution is -2.40. The summed E-state index contributed by atoms with van der Waals surface area (Å²) < 4.78 is 1.22. The van der Waals surface area contributed by atoms with Crippen LogP contribution in [0.15, 0.2) is 54.6 Å². The lowest BCUT2D eigenvalue weighted by atomic mass is 10.0. The molecule has 2 N–H and O–H groups in total. The Morgan fingerprint density at radius 1 is 1.00 bits per heavy atom. The third kappa shape index (κ3) is 6.81. The van der Waals surface area contributed by atoms with Crippen molar-refractivity contribution in [3.05, 3.63) is 63.7 Å². The fraction of sp³-hybridized carbons (Fsp3) is 0.409. The van der Waals surface area contributed by atoms with Gasteiger partial charge in [-0.2, -0.15) is 0 Å². The van der Waals surface area contributed by atoms with E-state index in [4.69, 9.17) is 0 Å². The van der Waals surface area contributed by atoms with Crippen LogP contribution >= 0.6 is 22.6 Å². The molecule has 1 aliphatic heterocycles. The van der Waals surface area contributed by atoms with Crippen molar-refractivity contribution in [3.8, 4) is 0 Å². The maximum absolute atomic E-state index is 12.3. The van der Waals surface area contributed by atoms with Gasteiger partial charge >= 0.3 is 0 Å². The average molecular weight is 477 g/mol. The molecule has 27 heavy (non-hydrogen) atoms. The maximum atomic E-state index is 12.3. The third-order valence-electron chi connectivity index (χ3n) is 4.96. The minimum absolute atomic E-state index is 0.137. The number of nitrogens with zero attached hydrogens (tertiary/aromatic N) is 1. The maximum Gasteiger partial charge on any atom is 0.234 e. The van der Waals surface area contributed by atoms with E-state index in [-0.39, 0.29) is 11.9 Å². The topological polar surface area (TPSA) is 44.4 Å². The van der Waals surface area contributed by atoms with Crippen molar-refractivity contribution in [2.45, 2.75) is 31.7 Å². The van der Waals surface area contributed by atoms with Crippen LogP contribution in [0, 0.1) is 3.57 Å². The van der Waals surface area contributed by atoms with Gasteiger partial charge in [-0.3, -0.25) is 9.69 Å². The zero-order valence-corrected chi connectivity index (χ0v) is 17.8. The highest BCUT2D eigenvalue weighted by molar-refractivity contribution is 14.1. The second kappa shape index (κ2) is 10.7. The van der Waals surface area contributed by atoms with E-state index in [1.165, 1.54) is 28.4 Å². The number of carbonyl (C=O) groups excluding carboxylic acids is 1. The van der Waals surface area contributed by atoms with E-state index in [0.717, 1.165) is 25.2 Å². The van der Waals surface area contributed by atoms with E-state index in [0.29, 0.717) is 13.1 Å². The van der Waals surface area contributed by atoms with Crippen molar-refractivity contribution in [2.75, 3.05) is 31.5 Å². The quantitative estimate of drug-likeness (QED) is 0.553. The molecule has 0 spiro atoms. The fourth-order valence-electron chi connectivity index (χ4n) is 3.49. The Kier molecular flexibility index (Phi) is 7.95. The van der Waals surface area contributed by atoms with Gasteiger partial charge in [-0.25, -0.2) is 0 Å². The first-order chi connectivity index (χ1) is 13.2. The molecule has 1 atom stereocenters. The van der Waals surface area contributed by atoms with E-state index in [1.807, 2.05) is 6.07 Å². The number of carbonyl (C=O) groups is 1. The first kappa shape index (κ1) is 20.1. The summed E-state index contributed by atoms with van der Waals surface area (Å²) in [5, 5.41) is 6.72. The molecule has 4 nitrogen and oxygen atoms in total. The summed E-state index contributed by atoms with van der Waals surface area (Å²) in [5.74, 6) is 0.137. The van der Waals surface area contributed by atoms with Crippen molar-refractivity contribution in [1.82, 2.24) is 10.2 Å². The minimum Gasteiger partial charge on any atom is -0.378 e. The second-order valence-electron chi connectivity index (χ2n) is 7.09. The lowest BCUT2D eigenvalue weighted by molar-refractivity contribution is -0.122. The van der Waals surface area contributed by atoms with Gasteiger partial charge in [0.2, 0.25) is 5.91 Å². The van der Waals surface area contributed by atoms with Crippen LogP contribution in [-0.2, 0) is 4.79 Å². The Morgan fingerprint density at radius 3 is 2.41 bits per heavy atom. The molecule has 5 heteroatoms. The molecule has 1 saturated heterocycles. The van der Waals surface area contributed by atoms with Crippen LogP contribution in [0.2, 0.25) is 0 Å². The van der Waals surface area contributed by atoms with Gasteiger partial charge in [0.15, 0.2) is 0 Å². The van der Waals surface area contributed by atoms with Crippen molar-refractivity contribution < 1.29 is 4.79 Å². The molecule has 2 aromatic carbocycles. The standard InChI is InChI=1S/C22H28IN3O/c23-19-9-11-20(12-10-19)25-21(18-7-3-1-4-8-18)13-14-24-22(27)17-26-15-5-2-6-16-26/h1,3-4,7-12,21,25H,2,5-6,13-17H2,(H,24,27). The minimum atomic E-state index is 0.137. The van der Waals surface area contributed by atoms with Crippen molar-refractivity contribution in [2.24, 2.45) is 0 Å². The number of piperidine rings is 1. The second-order valence-corrected chi connectivity index (χ2v) is 8.34. The number of nitrogens with one attached hydrogen (secondary N) is 2. The molecule has 1 amide bonds. The van der Waals surface area contributed by atoms with Crippen molar-refractivity contribution >= 4 is 34.2 Å². The molecule has 1 heterocycles. The number of halogens is 1. The molecule has 1 aliphatic rings. The molecule has 0 aromatic heterocycles. The van der Waals surface area contributed by atoms with E-state index in [9.17, 15) is 4.79 Å². The molecular formula is C22H28IN3O. The van der Waals surface area contributed by atoms with Crippen LogP contribution in [-0.4, -0.2) is 37.0 Å². The first-order valence-corrected chi connectivity index (χ1v) is 10.8. The SMILES string of the molecule is O=C(CN1CCCCC1)NCCC(Nc1ccc(I)cc1)c1ccccc1. The van der Waals surface area contributed by atoms with E-state index >= 15 is 0 Å². The van der Waals surface area contributed by atoms with Crippen LogP contribution in [0.3, 0.4) is 0 Å². The average Bonchev–Trinajstić information content (AvgIpc) is 2.70. The van der Waals surface area contributed by atoms with Crippen LogP contribution in [0.1, 0.15) is 37.3 Å². The molecule has 144 valence electrons. The zero-order valence-electron chi connectivity index (χ0n) is 15.7. The number of anilines is 1. The molecule has 0 saturated carbocycles. The molecular weight excluding hydrogens is 449 g/mol. The van der Waals surface area contributed by atoms with E-state index in [2.05, 4.69) is 86.7 Å². The van der Waals surface area contributed by atoms with Gasteiger partial charge in [0.1, 0.15) is 0 Å². The molecule has 3 rings (SSSR count). The van der Waals surface area contributed by atoms with E-state index in [1.54, 1.807) is 0 Å². The molecule has 1 unspecified atom stereocenters. The highest BCUT2D eigenvalue weighted by Gasteiger charge is 2.15. The number of hydrogen-bond acceptors (Lipinski definition) is 3. The van der Waals surface area contributed by atoms with Gasteiger partial charge in [-0.15, -0.1) is 0 Å². The smallest absolute Gasteiger partial charge is 0.234 e. The predicted molar refractivity (Wildman–Crippen MR) is 120 cm³/mol. The number of benzene rings is 2. The highest BCUT2D eigenvalue weighted by Crippen LogP contribution is 2.23. The largest absolute Gasteiger partial charge is 0.378 e. The van der Waals surface area contributed by atoms with Crippen LogP contribution in [0.5, 0.6) is 0 Å².